The van der Waals surface area contributed by atoms with Crippen molar-refractivity contribution in [2.75, 3.05) is 13.1 Å². The van der Waals surface area contributed by atoms with Gasteiger partial charge >= 0.3 is 0 Å². The molecule has 0 spiro atoms. The molecular weight excluding hydrogens is 462 g/mol. The Bertz CT molecular complexity index is 1260. The Balaban J connectivity index is 1.28. The number of nitrogens with zero attached hydrogens (tertiary/aromatic N) is 4. The van der Waals surface area contributed by atoms with Crippen molar-refractivity contribution >= 4 is 15.9 Å². The average Bonchev–Trinajstić information content (AvgIpc) is 3.59. The highest BCUT2D eigenvalue weighted by molar-refractivity contribution is 7.89. The zero-order chi connectivity index (χ0) is 24.3. The third kappa shape index (κ3) is 5.16. The molecule has 1 saturated carbocycles. The molecule has 0 unspecified atom stereocenters. The summed E-state index contributed by atoms with van der Waals surface area (Å²) >= 11 is 0. The summed E-state index contributed by atoms with van der Waals surface area (Å²) < 4.78 is 29.3. The fourth-order valence-corrected chi connectivity index (χ4v) is 6.52. The standard InChI is InChI=1S/C26H31N5O3S/c32-26(21-8-10-24(11-9-21)35(33,34)30-16-4-1-5-17-30)28-19-22-18-25(20-12-14-27-15-13-20)31(29-22)23-6-2-3-7-23/h8-15,18,23H,1-7,16-17,19H2,(H,28,32). The van der Waals surface area contributed by atoms with Crippen LogP contribution < -0.4 is 5.32 Å². The first-order chi connectivity index (χ1) is 17.0. The Kier molecular flexibility index (Phi) is 6.97. The SMILES string of the molecule is O=C(NCc1cc(-c2ccncc2)n(C2CCCC2)n1)c1ccc(S(=O)(=O)N2CCCCC2)cc1. The van der Waals surface area contributed by atoms with Crippen LogP contribution >= 0.6 is 0 Å². The smallest absolute Gasteiger partial charge is 0.251 e. The van der Waals surface area contributed by atoms with E-state index in [1.165, 1.54) is 29.3 Å². The normalized spacial score (nSPS) is 17.5. The van der Waals surface area contributed by atoms with E-state index in [-0.39, 0.29) is 10.8 Å². The third-order valence-electron chi connectivity index (χ3n) is 6.93. The van der Waals surface area contributed by atoms with Crippen molar-refractivity contribution < 1.29 is 13.2 Å². The van der Waals surface area contributed by atoms with Crippen LogP contribution in [0.25, 0.3) is 11.3 Å². The Morgan fingerprint density at radius 1 is 0.943 bits per heavy atom. The third-order valence-corrected chi connectivity index (χ3v) is 8.85. The van der Waals surface area contributed by atoms with Crippen molar-refractivity contribution in [1.82, 2.24) is 24.4 Å². The van der Waals surface area contributed by atoms with E-state index in [4.69, 9.17) is 5.10 Å². The van der Waals surface area contributed by atoms with Crippen molar-refractivity contribution in [3.63, 3.8) is 0 Å². The molecule has 0 radical (unpaired) electrons. The van der Waals surface area contributed by atoms with Crippen LogP contribution in [0.2, 0.25) is 0 Å². The number of amides is 1. The maximum absolute atomic E-state index is 12.9. The van der Waals surface area contributed by atoms with Gasteiger partial charge < -0.3 is 5.32 Å². The fraction of sp³-hybridized carbons (Fsp3) is 0.423. The van der Waals surface area contributed by atoms with Crippen LogP contribution in [0.4, 0.5) is 0 Å². The molecule has 1 aliphatic heterocycles. The van der Waals surface area contributed by atoms with E-state index in [2.05, 4.69) is 15.0 Å². The molecule has 9 heteroatoms. The van der Waals surface area contributed by atoms with E-state index >= 15 is 0 Å². The van der Waals surface area contributed by atoms with Gasteiger partial charge in [-0.2, -0.15) is 9.40 Å². The van der Waals surface area contributed by atoms with Gasteiger partial charge in [0.05, 0.1) is 28.9 Å². The maximum atomic E-state index is 12.9. The van der Waals surface area contributed by atoms with Gasteiger partial charge in [0, 0.05) is 36.6 Å². The first-order valence-electron chi connectivity index (χ1n) is 12.4. The summed E-state index contributed by atoms with van der Waals surface area (Å²) in [6, 6.07) is 12.6. The lowest BCUT2D eigenvalue weighted by Gasteiger charge is -2.25. The number of pyridine rings is 1. The molecule has 2 aliphatic rings. The van der Waals surface area contributed by atoms with E-state index in [1.807, 2.05) is 18.2 Å². The van der Waals surface area contributed by atoms with Crippen molar-refractivity contribution in [3.05, 3.63) is 66.1 Å². The number of rotatable bonds is 7. The number of hydrogen-bond donors (Lipinski definition) is 1. The molecule has 2 fully saturated rings. The monoisotopic (exact) mass is 493 g/mol. The zero-order valence-corrected chi connectivity index (χ0v) is 20.6. The second-order valence-corrected chi connectivity index (χ2v) is 11.2. The lowest BCUT2D eigenvalue weighted by atomic mass is 10.1. The minimum Gasteiger partial charge on any atom is -0.346 e. The van der Waals surface area contributed by atoms with Crippen molar-refractivity contribution in [1.29, 1.82) is 0 Å². The Hall–Kier alpha value is -3.04. The van der Waals surface area contributed by atoms with Crippen LogP contribution in [0.1, 0.15) is 67.0 Å². The molecule has 3 aromatic rings. The summed E-state index contributed by atoms with van der Waals surface area (Å²) in [5, 5.41) is 7.76. The van der Waals surface area contributed by atoms with Gasteiger partial charge in [0.2, 0.25) is 10.0 Å². The Morgan fingerprint density at radius 2 is 1.63 bits per heavy atom. The van der Waals surface area contributed by atoms with Crippen molar-refractivity contribution in [3.8, 4) is 11.3 Å². The molecule has 3 heterocycles. The molecule has 5 rings (SSSR count). The topological polar surface area (TPSA) is 97.2 Å². The molecule has 2 aromatic heterocycles. The van der Waals surface area contributed by atoms with Gasteiger partial charge in [-0.15, -0.1) is 0 Å². The molecule has 1 amide bonds. The number of hydrogen-bond acceptors (Lipinski definition) is 5. The first-order valence-corrected chi connectivity index (χ1v) is 13.8. The highest BCUT2D eigenvalue weighted by Crippen LogP contribution is 2.33. The molecule has 184 valence electrons. The summed E-state index contributed by atoms with van der Waals surface area (Å²) in [4.78, 5) is 17.1. The minimum atomic E-state index is -3.51. The van der Waals surface area contributed by atoms with Gasteiger partial charge in [0.15, 0.2) is 0 Å². The Labute approximate surface area is 206 Å². The lowest BCUT2D eigenvalue weighted by Crippen LogP contribution is -2.35. The Morgan fingerprint density at radius 3 is 2.31 bits per heavy atom. The highest BCUT2D eigenvalue weighted by Gasteiger charge is 2.26. The number of carbonyl (C=O) groups is 1. The maximum Gasteiger partial charge on any atom is 0.251 e. The molecule has 1 aromatic carbocycles. The number of nitrogens with one attached hydrogen (secondary N) is 1. The number of carbonyl (C=O) groups excluding carboxylic acids is 1. The van der Waals surface area contributed by atoms with Crippen LogP contribution in [0.3, 0.4) is 0 Å². The molecule has 1 aliphatic carbocycles. The van der Waals surface area contributed by atoms with Crippen LogP contribution in [-0.4, -0.2) is 46.5 Å². The van der Waals surface area contributed by atoms with E-state index < -0.39 is 10.0 Å². The number of sulfonamides is 1. The first kappa shape index (κ1) is 23.7. The predicted octanol–water partition coefficient (Wildman–Crippen LogP) is 4.16. The summed E-state index contributed by atoms with van der Waals surface area (Å²) in [7, 11) is -3.51. The van der Waals surface area contributed by atoms with Gasteiger partial charge in [-0.1, -0.05) is 19.3 Å². The largest absolute Gasteiger partial charge is 0.346 e. The second-order valence-electron chi connectivity index (χ2n) is 9.31. The summed E-state index contributed by atoms with van der Waals surface area (Å²) in [6.45, 7) is 1.41. The molecule has 1 N–H and O–H groups in total. The van der Waals surface area contributed by atoms with Gasteiger partial charge in [-0.3, -0.25) is 14.5 Å². The fourth-order valence-electron chi connectivity index (χ4n) is 5.00. The van der Waals surface area contributed by atoms with Crippen LogP contribution in [-0.2, 0) is 16.6 Å². The average molecular weight is 494 g/mol. The summed E-state index contributed by atoms with van der Waals surface area (Å²) in [5.41, 5.74) is 3.31. The van der Waals surface area contributed by atoms with Crippen molar-refractivity contribution in [2.24, 2.45) is 0 Å². The molecule has 8 nitrogen and oxygen atoms in total. The molecular formula is C26H31N5O3S. The van der Waals surface area contributed by atoms with E-state index in [0.29, 0.717) is 31.2 Å². The molecule has 1 saturated heterocycles. The van der Waals surface area contributed by atoms with E-state index in [0.717, 1.165) is 49.1 Å². The lowest BCUT2D eigenvalue weighted by molar-refractivity contribution is 0.0950. The van der Waals surface area contributed by atoms with Gasteiger partial charge in [0.25, 0.3) is 5.91 Å². The number of aromatic nitrogens is 3. The number of benzene rings is 1. The van der Waals surface area contributed by atoms with E-state index in [1.54, 1.807) is 24.5 Å². The number of piperidine rings is 1. The molecule has 0 atom stereocenters. The quantitative estimate of drug-likeness (QED) is 0.533. The van der Waals surface area contributed by atoms with Gasteiger partial charge in [-0.05, 0) is 68.1 Å². The van der Waals surface area contributed by atoms with E-state index in [9.17, 15) is 13.2 Å². The zero-order valence-electron chi connectivity index (χ0n) is 19.8. The summed E-state index contributed by atoms with van der Waals surface area (Å²) in [6.07, 6.45) is 11.0. The van der Waals surface area contributed by atoms with Crippen molar-refractivity contribution in [2.45, 2.75) is 62.4 Å². The van der Waals surface area contributed by atoms with Crippen LogP contribution in [0.5, 0.6) is 0 Å². The minimum absolute atomic E-state index is 0.230. The molecule has 0 bridgehead atoms. The second kappa shape index (κ2) is 10.3. The molecule has 35 heavy (non-hydrogen) atoms. The van der Waals surface area contributed by atoms with Crippen LogP contribution in [0, 0.1) is 0 Å². The summed E-state index contributed by atoms with van der Waals surface area (Å²) in [5.74, 6) is -0.257. The van der Waals surface area contributed by atoms with Gasteiger partial charge in [0.1, 0.15) is 0 Å². The predicted molar refractivity (Wildman–Crippen MR) is 133 cm³/mol. The van der Waals surface area contributed by atoms with Gasteiger partial charge in [-0.25, -0.2) is 8.42 Å². The van der Waals surface area contributed by atoms with Crippen LogP contribution in [0.15, 0.2) is 59.8 Å². The highest BCUT2D eigenvalue weighted by atomic mass is 32.2.